The fourth-order valence-electron chi connectivity index (χ4n) is 1.38. The highest BCUT2D eigenvalue weighted by Gasteiger charge is 2.30. The van der Waals surface area contributed by atoms with Gasteiger partial charge in [-0.15, -0.1) is 0 Å². The van der Waals surface area contributed by atoms with Crippen LogP contribution in [-0.2, 0) is 6.18 Å². The Labute approximate surface area is 86.2 Å². The van der Waals surface area contributed by atoms with Gasteiger partial charge in [-0.3, -0.25) is 11.3 Å². The van der Waals surface area contributed by atoms with Crippen LogP contribution in [0.1, 0.15) is 30.5 Å². The normalized spacial score (nSPS) is 13.9. The third kappa shape index (κ3) is 2.94. The largest absolute Gasteiger partial charge is 0.416 e. The van der Waals surface area contributed by atoms with Crippen molar-refractivity contribution < 1.29 is 13.2 Å². The summed E-state index contributed by atoms with van der Waals surface area (Å²) in [5, 5.41) is 0. The molecule has 5 heteroatoms. The predicted molar refractivity (Wildman–Crippen MR) is 51.8 cm³/mol. The van der Waals surface area contributed by atoms with Gasteiger partial charge in [0.05, 0.1) is 5.56 Å². The van der Waals surface area contributed by atoms with Crippen LogP contribution in [0.2, 0.25) is 0 Å². The topological polar surface area (TPSA) is 38.0 Å². The lowest BCUT2D eigenvalue weighted by molar-refractivity contribution is -0.137. The molecule has 15 heavy (non-hydrogen) atoms. The molecule has 0 heterocycles. The Morgan fingerprint density at radius 3 is 2.53 bits per heavy atom. The summed E-state index contributed by atoms with van der Waals surface area (Å²) >= 11 is 0. The van der Waals surface area contributed by atoms with E-state index in [2.05, 4.69) is 5.43 Å². The summed E-state index contributed by atoms with van der Waals surface area (Å²) in [6.45, 7) is 1.85. The number of benzene rings is 1. The van der Waals surface area contributed by atoms with Gasteiger partial charge in [0.25, 0.3) is 0 Å². The molecule has 1 rings (SSSR count). The van der Waals surface area contributed by atoms with E-state index >= 15 is 0 Å². The van der Waals surface area contributed by atoms with Crippen LogP contribution < -0.4 is 11.3 Å². The highest BCUT2D eigenvalue weighted by atomic mass is 19.4. The molecule has 0 spiro atoms. The van der Waals surface area contributed by atoms with Gasteiger partial charge in [0.15, 0.2) is 0 Å². The second kappa shape index (κ2) is 4.63. The van der Waals surface area contributed by atoms with Crippen molar-refractivity contribution in [1.29, 1.82) is 0 Å². The quantitative estimate of drug-likeness (QED) is 0.604. The maximum Gasteiger partial charge on any atom is 0.416 e. The van der Waals surface area contributed by atoms with E-state index in [0.29, 0.717) is 12.0 Å². The molecule has 1 aromatic carbocycles. The number of nitrogens with one attached hydrogen (secondary N) is 1. The molecule has 0 aliphatic carbocycles. The van der Waals surface area contributed by atoms with Crippen LogP contribution in [0.15, 0.2) is 24.3 Å². The lowest BCUT2D eigenvalue weighted by atomic mass is 10.0. The number of alkyl halides is 3. The van der Waals surface area contributed by atoms with Crippen LogP contribution in [0, 0.1) is 0 Å². The molecule has 0 amide bonds. The SMILES string of the molecule is CCC(NN)c1cccc(C(F)(F)F)c1. The van der Waals surface area contributed by atoms with Gasteiger partial charge in [0.2, 0.25) is 0 Å². The molecule has 0 saturated carbocycles. The van der Waals surface area contributed by atoms with Gasteiger partial charge in [-0.1, -0.05) is 19.1 Å². The molecule has 2 nitrogen and oxygen atoms in total. The van der Waals surface area contributed by atoms with Gasteiger partial charge in [-0.25, -0.2) is 0 Å². The first-order valence-corrected chi connectivity index (χ1v) is 4.62. The van der Waals surface area contributed by atoms with E-state index in [-0.39, 0.29) is 6.04 Å². The number of halogens is 3. The maximum absolute atomic E-state index is 12.4. The summed E-state index contributed by atoms with van der Waals surface area (Å²) in [4.78, 5) is 0. The van der Waals surface area contributed by atoms with Crippen LogP contribution in [0.5, 0.6) is 0 Å². The third-order valence-corrected chi connectivity index (χ3v) is 2.23. The Balaban J connectivity index is 3.02. The number of hydrazine groups is 1. The molecule has 1 atom stereocenters. The van der Waals surface area contributed by atoms with Gasteiger partial charge in [-0.05, 0) is 24.1 Å². The molecule has 3 N–H and O–H groups in total. The monoisotopic (exact) mass is 218 g/mol. The number of rotatable bonds is 3. The van der Waals surface area contributed by atoms with Gasteiger partial charge in [0, 0.05) is 6.04 Å². The fraction of sp³-hybridized carbons (Fsp3) is 0.400. The summed E-state index contributed by atoms with van der Waals surface area (Å²) in [6.07, 6.45) is -3.67. The van der Waals surface area contributed by atoms with Crippen LogP contribution in [-0.4, -0.2) is 0 Å². The maximum atomic E-state index is 12.4. The van der Waals surface area contributed by atoms with Crippen molar-refractivity contribution in [3.63, 3.8) is 0 Å². The van der Waals surface area contributed by atoms with E-state index in [1.54, 1.807) is 6.07 Å². The molecule has 0 fully saturated rings. The van der Waals surface area contributed by atoms with Crippen LogP contribution >= 0.6 is 0 Å². The summed E-state index contributed by atoms with van der Waals surface area (Å²) in [5.41, 5.74) is 2.39. The standard InChI is InChI=1S/C10H13F3N2/c1-2-9(15-14)7-4-3-5-8(6-7)10(11,12)13/h3-6,9,15H,2,14H2,1H3. The lowest BCUT2D eigenvalue weighted by Crippen LogP contribution is -2.27. The van der Waals surface area contributed by atoms with E-state index < -0.39 is 11.7 Å². The van der Waals surface area contributed by atoms with Crippen LogP contribution in [0.25, 0.3) is 0 Å². The summed E-state index contributed by atoms with van der Waals surface area (Å²) in [7, 11) is 0. The summed E-state index contributed by atoms with van der Waals surface area (Å²) in [5.74, 6) is 5.24. The number of hydrogen-bond acceptors (Lipinski definition) is 2. The molecule has 0 aromatic heterocycles. The van der Waals surface area contributed by atoms with Gasteiger partial charge < -0.3 is 0 Å². The zero-order valence-electron chi connectivity index (χ0n) is 8.31. The summed E-state index contributed by atoms with van der Waals surface area (Å²) < 4.78 is 37.2. The zero-order valence-corrected chi connectivity index (χ0v) is 8.31. The Hall–Kier alpha value is -1.07. The molecule has 84 valence electrons. The van der Waals surface area contributed by atoms with E-state index in [9.17, 15) is 13.2 Å². The van der Waals surface area contributed by atoms with E-state index in [1.165, 1.54) is 6.07 Å². The Morgan fingerprint density at radius 1 is 1.40 bits per heavy atom. The first-order chi connectivity index (χ1) is 6.99. The predicted octanol–water partition coefficient (Wildman–Crippen LogP) is 2.62. The number of hydrogen-bond donors (Lipinski definition) is 2. The van der Waals surface area contributed by atoms with Crippen molar-refractivity contribution in [2.75, 3.05) is 0 Å². The van der Waals surface area contributed by atoms with Crippen LogP contribution in [0.4, 0.5) is 13.2 Å². The van der Waals surface area contributed by atoms with Crippen molar-refractivity contribution in [3.8, 4) is 0 Å². The van der Waals surface area contributed by atoms with Crippen molar-refractivity contribution in [2.24, 2.45) is 5.84 Å². The minimum Gasteiger partial charge on any atom is -0.271 e. The molecule has 1 aromatic rings. The molecular weight excluding hydrogens is 205 g/mol. The number of nitrogens with two attached hydrogens (primary N) is 1. The van der Waals surface area contributed by atoms with Gasteiger partial charge in [0.1, 0.15) is 0 Å². The second-order valence-corrected chi connectivity index (χ2v) is 3.25. The molecular formula is C10H13F3N2. The zero-order chi connectivity index (χ0) is 11.5. The van der Waals surface area contributed by atoms with E-state index in [1.807, 2.05) is 6.92 Å². The van der Waals surface area contributed by atoms with E-state index in [4.69, 9.17) is 5.84 Å². The van der Waals surface area contributed by atoms with Crippen molar-refractivity contribution in [3.05, 3.63) is 35.4 Å². The second-order valence-electron chi connectivity index (χ2n) is 3.25. The highest BCUT2D eigenvalue weighted by molar-refractivity contribution is 5.27. The van der Waals surface area contributed by atoms with Gasteiger partial charge in [-0.2, -0.15) is 13.2 Å². The molecule has 0 radical (unpaired) electrons. The minimum absolute atomic E-state index is 0.243. The average Bonchev–Trinajstić information content (AvgIpc) is 2.19. The first-order valence-electron chi connectivity index (χ1n) is 4.62. The minimum atomic E-state index is -4.30. The van der Waals surface area contributed by atoms with Crippen molar-refractivity contribution >= 4 is 0 Å². The average molecular weight is 218 g/mol. The molecule has 0 aliphatic rings. The molecule has 0 aliphatic heterocycles. The third-order valence-electron chi connectivity index (χ3n) is 2.23. The van der Waals surface area contributed by atoms with Crippen LogP contribution in [0.3, 0.4) is 0 Å². The molecule has 1 unspecified atom stereocenters. The highest BCUT2D eigenvalue weighted by Crippen LogP contribution is 2.30. The first kappa shape index (κ1) is 12.0. The van der Waals surface area contributed by atoms with Gasteiger partial charge >= 0.3 is 6.18 Å². The Bertz CT molecular complexity index is 319. The Kier molecular flexibility index (Phi) is 3.71. The smallest absolute Gasteiger partial charge is 0.271 e. The van der Waals surface area contributed by atoms with E-state index in [0.717, 1.165) is 12.1 Å². The summed E-state index contributed by atoms with van der Waals surface area (Å²) in [6, 6.07) is 4.94. The lowest BCUT2D eigenvalue weighted by Gasteiger charge is -2.15. The van der Waals surface area contributed by atoms with Crippen molar-refractivity contribution in [1.82, 2.24) is 5.43 Å². The van der Waals surface area contributed by atoms with Crippen molar-refractivity contribution in [2.45, 2.75) is 25.6 Å². The molecule has 0 saturated heterocycles. The fourth-order valence-corrected chi connectivity index (χ4v) is 1.38. The molecule has 0 bridgehead atoms. The Morgan fingerprint density at radius 2 is 2.07 bits per heavy atom.